The Hall–Kier alpha value is -1.04. The van der Waals surface area contributed by atoms with Crippen LogP contribution < -0.4 is 10.5 Å². The van der Waals surface area contributed by atoms with Crippen molar-refractivity contribution in [1.82, 2.24) is 0 Å². The van der Waals surface area contributed by atoms with Crippen LogP contribution in [-0.2, 0) is 0 Å². The number of halogens is 3. The lowest BCUT2D eigenvalue weighted by Gasteiger charge is -2.08. The molecule has 0 radical (unpaired) electrons. The van der Waals surface area contributed by atoms with Gasteiger partial charge in [0.25, 0.3) is 0 Å². The van der Waals surface area contributed by atoms with E-state index in [4.69, 9.17) is 5.73 Å². The smallest absolute Gasteiger partial charge is 0.387 e. The van der Waals surface area contributed by atoms with E-state index < -0.39 is 18.2 Å². The SMILES string of the molecule is CSc1cc(OC(F)F)c(F)cc1N. The largest absolute Gasteiger partial charge is 0.432 e. The molecule has 0 saturated heterocycles. The minimum Gasteiger partial charge on any atom is -0.432 e. The lowest BCUT2D eigenvalue weighted by atomic mass is 10.3. The number of benzene rings is 1. The second-order valence-corrected chi connectivity index (χ2v) is 3.25. The van der Waals surface area contributed by atoms with Crippen molar-refractivity contribution in [2.75, 3.05) is 12.0 Å². The molecule has 0 aromatic heterocycles. The van der Waals surface area contributed by atoms with E-state index in [0.717, 1.165) is 12.1 Å². The minimum atomic E-state index is -3.04. The summed E-state index contributed by atoms with van der Waals surface area (Å²) >= 11 is 1.23. The van der Waals surface area contributed by atoms with Crippen LogP contribution in [0.25, 0.3) is 0 Å². The maximum absolute atomic E-state index is 13.0. The molecule has 0 aliphatic carbocycles. The van der Waals surface area contributed by atoms with Crippen LogP contribution in [0.1, 0.15) is 0 Å². The van der Waals surface area contributed by atoms with Crippen LogP contribution in [-0.4, -0.2) is 12.9 Å². The highest BCUT2D eigenvalue weighted by molar-refractivity contribution is 7.98. The fourth-order valence-corrected chi connectivity index (χ4v) is 1.43. The summed E-state index contributed by atoms with van der Waals surface area (Å²) in [5.41, 5.74) is 5.63. The molecule has 0 aliphatic heterocycles. The third kappa shape index (κ3) is 2.47. The Kier molecular flexibility index (Phi) is 3.51. The Bertz CT molecular complexity index is 333. The first-order chi connectivity index (χ1) is 6.54. The number of hydrogen-bond donors (Lipinski definition) is 1. The summed E-state index contributed by atoms with van der Waals surface area (Å²) in [5.74, 6) is -1.38. The highest BCUT2D eigenvalue weighted by Gasteiger charge is 2.12. The second kappa shape index (κ2) is 4.45. The van der Waals surface area contributed by atoms with E-state index in [1.54, 1.807) is 6.26 Å². The summed E-state index contributed by atoms with van der Waals surface area (Å²) in [7, 11) is 0. The van der Waals surface area contributed by atoms with Crippen LogP contribution in [0.3, 0.4) is 0 Å². The molecule has 1 aromatic carbocycles. The van der Waals surface area contributed by atoms with Gasteiger partial charge >= 0.3 is 6.61 Å². The first-order valence-corrected chi connectivity index (χ1v) is 4.85. The molecule has 0 spiro atoms. The highest BCUT2D eigenvalue weighted by atomic mass is 32.2. The summed E-state index contributed by atoms with van der Waals surface area (Å²) in [4.78, 5) is 0.502. The average Bonchev–Trinajstić information content (AvgIpc) is 2.09. The predicted octanol–water partition coefficient (Wildman–Crippen LogP) is 2.73. The maximum atomic E-state index is 13.0. The molecule has 0 bridgehead atoms. The van der Waals surface area contributed by atoms with Gasteiger partial charge in [-0.2, -0.15) is 8.78 Å². The van der Waals surface area contributed by atoms with E-state index in [0.29, 0.717) is 4.90 Å². The van der Waals surface area contributed by atoms with Crippen molar-refractivity contribution in [3.63, 3.8) is 0 Å². The number of ether oxygens (including phenoxy) is 1. The number of alkyl halides is 2. The zero-order valence-electron chi connectivity index (χ0n) is 7.26. The molecule has 0 amide bonds. The van der Waals surface area contributed by atoms with Crippen molar-refractivity contribution in [3.8, 4) is 5.75 Å². The molecule has 0 aliphatic rings. The Morgan fingerprint density at radius 1 is 1.43 bits per heavy atom. The van der Waals surface area contributed by atoms with E-state index >= 15 is 0 Å². The molecule has 2 N–H and O–H groups in total. The molecule has 0 unspecified atom stereocenters. The van der Waals surface area contributed by atoms with Crippen LogP contribution in [0.2, 0.25) is 0 Å². The molecule has 14 heavy (non-hydrogen) atoms. The summed E-state index contributed by atoms with van der Waals surface area (Å²) in [6, 6.07) is 2.12. The van der Waals surface area contributed by atoms with Gasteiger partial charge in [-0.05, 0) is 12.3 Å². The van der Waals surface area contributed by atoms with Gasteiger partial charge in [0.15, 0.2) is 11.6 Å². The molecule has 1 aromatic rings. The predicted molar refractivity (Wildman–Crippen MR) is 49.2 cm³/mol. The van der Waals surface area contributed by atoms with Crippen molar-refractivity contribution >= 4 is 17.4 Å². The van der Waals surface area contributed by atoms with Crippen LogP contribution in [0.15, 0.2) is 17.0 Å². The molecule has 0 saturated carbocycles. The van der Waals surface area contributed by atoms with Gasteiger partial charge in [-0.1, -0.05) is 0 Å². The summed E-state index contributed by atoms with van der Waals surface area (Å²) < 4.78 is 40.6. The van der Waals surface area contributed by atoms with Gasteiger partial charge in [-0.25, -0.2) is 4.39 Å². The average molecular weight is 223 g/mol. The van der Waals surface area contributed by atoms with Gasteiger partial charge in [0.2, 0.25) is 0 Å². The third-order valence-corrected chi connectivity index (χ3v) is 2.29. The molecule has 0 heterocycles. The fraction of sp³-hybridized carbons (Fsp3) is 0.250. The van der Waals surface area contributed by atoms with E-state index in [2.05, 4.69) is 4.74 Å². The van der Waals surface area contributed by atoms with Gasteiger partial charge in [0.1, 0.15) is 0 Å². The lowest BCUT2D eigenvalue weighted by Crippen LogP contribution is -2.04. The van der Waals surface area contributed by atoms with E-state index in [-0.39, 0.29) is 5.69 Å². The number of thioether (sulfide) groups is 1. The van der Waals surface area contributed by atoms with Gasteiger partial charge < -0.3 is 10.5 Å². The van der Waals surface area contributed by atoms with Gasteiger partial charge in [-0.3, -0.25) is 0 Å². The van der Waals surface area contributed by atoms with E-state index in [1.807, 2.05) is 0 Å². The van der Waals surface area contributed by atoms with Crippen LogP contribution in [0, 0.1) is 5.82 Å². The topological polar surface area (TPSA) is 35.2 Å². The molecule has 6 heteroatoms. The van der Waals surface area contributed by atoms with Gasteiger partial charge in [0, 0.05) is 16.6 Å². The first kappa shape index (κ1) is 11.0. The van der Waals surface area contributed by atoms with Gasteiger partial charge in [-0.15, -0.1) is 11.8 Å². The Morgan fingerprint density at radius 2 is 2.07 bits per heavy atom. The van der Waals surface area contributed by atoms with Crippen LogP contribution >= 0.6 is 11.8 Å². The number of hydrogen-bond acceptors (Lipinski definition) is 3. The summed E-state index contributed by atoms with van der Waals surface area (Å²) in [6.07, 6.45) is 1.70. The van der Waals surface area contributed by atoms with Crippen LogP contribution in [0.4, 0.5) is 18.9 Å². The molecule has 78 valence electrons. The zero-order chi connectivity index (χ0) is 10.7. The lowest BCUT2D eigenvalue weighted by molar-refractivity contribution is -0.0523. The van der Waals surface area contributed by atoms with E-state index in [9.17, 15) is 13.2 Å². The number of anilines is 1. The monoisotopic (exact) mass is 223 g/mol. The fourth-order valence-electron chi connectivity index (χ4n) is 0.913. The number of nitrogen functional groups attached to an aromatic ring is 1. The third-order valence-electron chi connectivity index (χ3n) is 1.50. The van der Waals surface area contributed by atoms with Crippen molar-refractivity contribution in [1.29, 1.82) is 0 Å². The second-order valence-electron chi connectivity index (χ2n) is 2.40. The molecule has 0 atom stereocenters. The zero-order valence-corrected chi connectivity index (χ0v) is 8.08. The summed E-state index contributed by atoms with van der Waals surface area (Å²) in [5, 5.41) is 0. The molecule has 1 rings (SSSR count). The Morgan fingerprint density at radius 3 is 2.57 bits per heavy atom. The number of rotatable bonds is 3. The van der Waals surface area contributed by atoms with Crippen molar-refractivity contribution in [2.24, 2.45) is 0 Å². The Labute approximate surface area is 83.2 Å². The van der Waals surface area contributed by atoms with Crippen molar-refractivity contribution < 1.29 is 17.9 Å². The molecule has 0 fully saturated rings. The molecule has 2 nitrogen and oxygen atoms in total. The quantitative estimate of drug-likeness (QED) is 0.632. The number of nitrogens with two attached hydrogens (primary N) is 1. The molecular weight excluding hydrogens is 215 g/mol. The maximum Gasteiger partial charge on any atom is 0.387 e. The van der Waals surface area contributed by atoms with Crippen LogP contribution in [0.5, 0.6) is 5.75 Å². The highest BCUT2D eigenvalue weighted by Crippen LogP contribution is 2.30. The minimum absolute atomic E-state index is 0.205. The standard InChI is InChI=1S/C8H8F3NOS/c1-14-7-3-6(13-8(10)11)4(9)2-5(7)12/h2-3,8H,12H2,1H3. The molecular formula is C8H8F3NOS. The summed E-state index contributed by atoms with van der Waals surface area (Å²) in [6.45, 7) is -3.04. The normalized spacial score (nSPS) is 10.6. The van der Waals surface area contributed by atoms with Gasteiger partial charge in [0.05, 0.1) is 0 Å². The Balaban J connectivity index is 3.04. The first-order valence-electron chi connectivity index (χ1n) is 3.62. The van der Waals surface area contributed by atoms with E-state index in [1.165, 1.54) is 11.8 Å². The van der Waals surface area contributed by atoms with Crippen molar-refractivity contribution in [2.45, 2.75) is 11.5 Å². The van der Waals surface area contributed by atoms with Crippen molar-refractivity contribution in [3.05, 3.63) is 17.9 Å².